The highest BCUT2D eigenvalue weighted by molar-refractivity contribution is 5.51. The second-order valence-electron chi connectivity index (χ2n) is 5.87. The molecule has 0 bridgehead atoms. The van der Waals surface area contributed by atoms with Gasteiger partial charge >= 0.3 is 0 Å². The molecule has 1 N–H and O–H groups in total. The summed E-state index contributed by atoms with van der Waals surface area (Å²) in [7, 11) is 2.01. The minimum absolute atomic E-state index is 0.0994. The molecular formula is C16H23N3. The predicted octanol–water partition coefficient (Wildman–Crippen LogP) is 2.94. The van der Waals surface area contributed by atoms with E-state index in [-0.39, 0.29) is 5.54 Å². The number of nitrogens with zero attached hydrogens (tertiary/aromatic N) is 2. The number of nitriles is 1. The average molecular weight is 257 g/mol. The lowest BCUT2D eigenvalue weighted by Gasteiger charge is -2.25. The Morgan fingerprint density at radius 2 is 2.11 bits per heavy atom. The first-order chi connectivity index (χ1) is 8.81. The van der Waals surface area contributed by atoms with Crippen molar-refractivity contribution in [3.05, 3.63) is 42.0 Å². The smallest absolute Gasteiger partial charge is 0.0992 e. The first-order valence-corrected chi connectivity index (χ1v) is 6.45. The highest BCUT2D eigenvalue weighted by atomic mass is 15.1. The summed E-state index contributed by atoms with van der Waals surface area (Å²) in [5.74, 6) is 0. The summed E-state index contributed by atoms with van der Waals surface area (Å²) in [6, 6.07) is 9.77. The van der Waals surface area contributed by atoms with Gasteiger partial charge in [0.05, 0.1) is 11.6 Å². The summed E-state index contributed by atoms with van der Waals surface area (Å²) < 4.78 is 0. The first-order valence-electron chi connectivity index (χ1n) is 6.45. The van der Waals surface area contributed by atoms with Gasteiger partial charge in [0.1, 0.15) is 0 Å². The average Bonchev–Trinajstić information content (AvgIpc) is 2.35. The fourth-order valence-electron chi connectivity index (χ4n) is 1.69. The molecule has 1 aromatic rings. The van der Waals surface area contributed by atoms with Crippen LogP contribution in [-0.2, 0) is 0 Å². The normalized spacial score (nSPS) is 10.9. The van der Waals surface area contributed by atoms with Gasteiger partial charge in [-0.25, -0.2) is 0 Å². The molecule has 1 aromatic carbocycles. The molecule has 0 saturated carbocycles. The van der Waals surface area contributed by atoms with E-state index in [0.29, 0.717) is 5.56 Å². The summed E-state index contributed by atoms with van der Waals surface area (Å²) in [5, 5.41) is 12.3. The van der Waals surface area contributed by atoms with Crippen LogP contribution in [0.15, 0.2) is 36.4 Å². The van der Waals surface area contributed by atoms with Crippen LogP contribution in [-0.4, -0.2) is 25.7 Å². The van der Waals surface area contributed by atoms with E-state index >= 15 is 0 Å². The molecule has 0 saturated heterocycles. The van der Waals surface area contributed by atoms with Crippen LogP contribution in [0.2, 0.25) is 0 Å². The number of hydrogen-bond donors (Lipinski definition) is 1. The third-order valence-corrected chi connectivity index (χ3v) is 2.75. The molecule has 102 valence electrons. The molecule has 0 aromatic heterocycles. The second kappa shape index (κ2) is 6.40. The zero-order valence-corrected chi connectivity index (χ0v) is 12.3. The summed E-state index contributed by atoms with van der Waals surface area (Å²) in [6.07, 6.45) is 0. The molecule has 1 rings (SSSR count). The topological polar surface area (TPSA) is 39.1 Å². The zero-order chi connectivity index (χ0) is 14.5. The highest BCUT2D eigenvalue weighted by Crippen LogP contribution is 2.15. The molecule has 3 nitrogen and oxygen atoms in total. The van der Waals surface area contributed by atoms with Gasteiger partial charge in [0.15, 0.2) is 0 Å². The summed E-state index contributed by atoms with van der Waals surface area (Å²) in [4.78, 5) is 2.10. The number of benzene rings is 1. The van der Waals surface area contributed by atoms with Crippen LogP contribution < -0.4 is 10.2 Å². The number of anilines is 1. The maximum absolute atomic E-state index is 8.90. The van der Waals surface area contributed by atoms with E-state index in [0.717, 1.165) is 24.4 Å². The number of likely N-dealkylation sites (N-methyl/N-ethyl adjacent to an activating group) is 1. The Morgan fingerprint density at radius 3 is 2.68 bits per heavy atom. The zero-order valence-electron chi connectivity index (χ0n) is 12.3. The van der Waals surface area contributed by atoms with Crippen LogP contribution in [0, 0.1) is 11.3 Å². The quantitative estimate of drug-likeness (QED) is 0.824. The Morgan fingerprint density at radius 1 is 1.42 bits per heavy atom. The monoisotopic (exact) mass is 257 g/mol. The van der Waals surface area contributed by atoms with Crippen LogP contribution in [0.4, 0.5) is 5.69 Å². The second-order valence-corrected chi connectivity index (χ2v) is 5.87. The molecule has 19 heavy (non-hydrogen) atoms. The van der Waals surface area contributed by atoms with Crippen LogP contribution in [0.25, 0.3) is 0 Å². The maximum Gasteiger partial charge on any atom is 0.0992 e. The molecule has 0 aliphatic rings. The van der Waals surface area contributed by atoms with E-state index in [1.165, 1.54) is 0 Å². The molecule has 0 aliphatic heterocycles. The van der Waals surface area contributed by atoms with Crippen molar-refractivity contribution in [3.8, 4) is 6.07 Å². The largest absolute Gasteiger partial charge is 0.371 e. The minimum atomic E-state index is 0.0994. The van der Waals surface area contributed by atoms with Gasteiger partial charge < -0.3 is 10.2 Å². The standard InChI is InChI=1S/C16H23N3/c1-13(11-18-16(2,3)4)12-19(5)15-8-6-7-14(9-15)10-17/h6-9,18H,1,11-12H2,2-5H3. The summed E-state index contributed by atoms with van der Waals surface area (Å²) >= 11 is 0. The Labute approximate surface area is 116 Å². The van der Waals surface area contributed by atoms with Crippen LogP contribution in [0.1, 0.15) is 26.3 Å². The third kappa shape index (κ3) is 5.58. The van der Waals surface area contributed by atoms with Gasteiger partial charge in [-0.15, -0.1) is 0 Å². The lowest BCUT2D eigenvalue weighted by atomic mass is 10.1. The van der Waals surface area contributed by atoms with E-state index in [2.05, 4.69) is 43.6 Å². The van der Waals surface area contributed by atoms with Crippen molar-refractivity contribution in [3.63, 3.8) is 0 Å². The van der Waals surface area contributed by atoms with Crippen molar-refractivity contribution in [2.24, 2.45) is 0 Å². The predicted molar refractivity (Wildman–Crippen MR) is 81.3 cm³/mol. The van der Waals surface area contributed by atoms with E-state index < -0.39 is 0 Å². The van der Waals surface area contributed by atoms with Crippen molar-refractivity contribution in [2.75, 3.05) is 25.0 Å². The summed E-state index contributed by atoms with van der Waals surface area (Å²) in [5.41, 5.74) is 2.95. The number of nitrogens with one attached hydrogen (secondary N) is 1. The van der Waals surface area contributed by atoms with Crippen molar-refractivity contribution < 1.29 is 0 Å². The number of rotatable bonds is 5. The first kappa shape index (κ1) is 15.3. The highest BCUT2D eigenvalue weighted by Gasteiger charge is 2.10. The minimum Gasteiger partial charge on any atom is -0.371 e. The van der Waals surface area contributed by atoms with Gasteiger partial charge in [0.2, 0.25) is 0 Å². The van der Waals surface area contributed by atoms with Gasteiger partial charge in [-0.2, -0.15) is 5.26 Å². The molecule has 0 aliphatic carbocycles. The SMILES string of the molecule is C=C(CNC(C)(C)C)CN(C)c1cccc(C#N)c1. The number of hydrogen-bond acceptors (Lipinski definition) is 3. The lowest BCUT2D eigenvalue weighted by Crippen LogP contribution is -2.38. The fraction of sp³-hybridized carbons (Fsp3) is 0.438. The van der Waals surface area contributed by atoms with Crippen molar-refractivity contribution >= 4 is 5.69 Å². The molecule has 0 radical (unpaired) electrons. The lowest BCUT2D eigenvalue weighted by molar-refractivity contribution is 0.443. The van der Waals surface area contributed by atoms with Crippen LogP contribution in [0.3, 0.4) is 0 Å². The van der Waals surface area contributed by atoms with E-state index in [1.807, 2.05) is 31.3 Å². The Hall–Kier alpha value is -1.79. The van der Waals surface area contributed by atoms with Crippen LogP contribution >= 0.6 is 0 Å². The van der Waals surface area contributed by atoms with Gasteiger partial charge in [0.25, 0.3) is 0 Å². The molecule has 0 heterocycles. The van der Waals surface area contributed by atoms with Gasteiger partial charge in [-0.3, -0.25) is 0 Å². The van der Waals surface area contributed by atoms with Crippen molar-refractivity contribution in [2.45, 2.75) is 26.3 Å². The van der Waals surface area contributed by atoms with Gasteiger partial charge in [-0.05, 0) is 44.5 Å². The summed E-state index contributed by atoms with van der Waals surface area (Å²) in [6.45, 7) is 12.1. The molecule has 0 atom stereocenters. The van der Waals surface area contributed by atoms with Crippen molar-refractivity contribution in [1.29, 1.82) is 5.26 Å². The molecule has 0 spiro atoms. The molecule has 0 fully saturated rings. The van der Waals surface area contributed by atoms with E-state index in [1.54, 1.807) is 0 Å². The fourth-order valence-corrected chi connectivity index (χ4v) is 1.69. The Bertz CT molecular complexity index is 478. The Balaban J connectivity index is 2.57. The van der Waals surface area contributed by atoms with E-state index in [4.69, 9.17) is 5.26 Å². The maximum atomic E-state index is 8.90. The molecular weight excluding hydrogens is 234 g/mol. The van der Waals surface area contributed by atoms with Gasteiger partial charge in [0, 0.05) is 31.4 Å². The van der Waals surface area contributed by atoms with E-state index in [9.17, 15) is 0 Å². The molecule has 0 amide bonds. The van der Waals surface area contributed by atoms with Crippen LogP contribution in [0.5, 0.6) is 0 Å². The van der Waals surface area contributed by atoms with Crippen molar-refractivity contribution in [1.82, 2.24) is 5.32 Å². The molecule has 3 heteroatoms. The third-order valence-electron chi connectivity index (χ3n) is 2.75. The molecule has 0 unspecified atom stereocenters. The van der Waals surface area contributed by atoms with Gasteiger partial charge in [-0.1, -0.05) is 12.6 Å². The Kier molecular flexibility index (Phi) is 5.14.